The molecule has 138 valence electrons. The number of amides is 1. The minimum Gasteiger partial charge on any atom is -0.448 e. The van der Waals surface area contributed by atoms with E-state index in [0.29, 0.717) is 10.6 Å². The summed E-state index contributed by atoms with van der Waals surface area (Å²) in [6.45, 7) is 7.04. The Balaban J connectivity index is 1.71. The smallest absolute Gasteiger partial charge is 0.351 e. The van der Waals surface area contributed by atoms with E-state index >= 15 is 0 Å². The highest BCUT2D eigenvalue weighted by Gasteiger charge is 2.27. The second kappa shape index (κ2) is 7.99. The van der Waals surface area contributed by atoms with Crippen molar-refractivity contribution < 1.29 is 14.3 Å². The zero-order chi connectivity index (χ0) is 18.7. The van der Waals surface area contributed by atoms with Gasteiger partial charge in [0.25, 0.3) is 5.91 Å². The second-order valence-electron chi connectivity index (χ2n) is 6.56. The number of nitrogens with zero attached hydrogens (tertiary/aromatic N) is 2. The van der Waals surface area contributed by atoms with Gasteiger partial charge >= 0.3 is 5.97 Å². The van der Waals surface area contributed by atoms with Crippen LogP contribution < -0.4 is 0 Å². The number of esters is 1. The zero-order valence-corrected chi connectivity index (χ0v) is 16.3. The molecule has 0 N–H and O–H groups in total. The number of likely N-dealkylation sites (tertiary alicyclic amines) is 1. The molecule has 1 atom stereocenters. The highest BCUT2D eigenvalue weighted by Crippen LogP contribution is 2.29. The molecule has 26 heavy (non-hydrogen) atoms. The molecular formula is C20H24N2O3S. The first-order valence-electron chi connectivity index (χ1n) is 9.06. The number of aromatic nitrogens is 1. The summed E-state index contributed by atoms with van der Waals surface area (Å²) < 4.78 is 5.42. The summed E-state index contributed by atoms with van der Waals surface area (Å²) in [6.07, 6.45) is 2.24. The lowest BCUT2D eigenvalue weighted by Gasteiger charge is -2.20. The number of thiazole rings is 1. The number of ether oxygens (including phenoxy) is 1. The number of benzene rings is 1. The van der Waals surface area contributed by atoms with Crippen LogP contribution in [0.3, 0.4) is 0 Å². The SMILES string of the molecule is CCc1ccc(-c2nc(C)c(C(=O)O[C@@H](C)C(=O)N3CCCC3)s2)cc1. The Labute approximate surface area is 158 Å². The Kier molecular flexibility index (Phi) is 5.71. The quantitative estimate of drug-likeness (QED) is 0.748. The topological polar surface area (TPSA) is 59.5 Å². The van der Waals surface area contributed by atoms with Crippen LogP contribution in [-0.2, 0) is 16.0 Å². The largest absolute Gasteiger partial charge is 0.448 e. The van der Waals surface area contributed by atoms with Crippen molar-refractivity contribution in [3.8, 4) is 10.6 Å². The van der Waals surface area contributed by atoms with Crippen LogP contribution in [0.25, 0.3) is 10.6 Å². The highest BCUT2D eigenvalue weighted by atomic mass is 32.1. The van der Waals surface area contributed by atoms with Crippen molar-refractivity contribution in [3.05, 3.63) is 40.4 Å². The molecule has 0 unspecified atom stereocenters. The fourth-order valence-electron chi connectivity index (χ4n) is 3.05. The second-order valence-corrected chi connectivity index (χ2v) is 7.56. The number of rotatable bonds is 5. The summed E-state index contributed by atoms with van der Waals surface area (Å²) in [5, 5.41) is 0.788. The maximum absolute atomic E-state index is 12.5. The molecule has 0 radical (unpaired) electrons. The van der Waals surface area contributed by atoms with Crippen molar-refractivity contribution in [2.45, 2.75) is 46.1 Å². The first-order chi connectivity index (χ1) is 12.5. The van der Waals surface area contributed by atoms with Crippen LogP contribution in [0.1, 0.15) is 47.6 Å². The van der Waals surface area contributed by atoms with Crippen molar-refractivity contribution in [2.24, 2.45) is 0 Å². The third kappa shape index (κ3) is 3.96. The Hall–Kier alpha value is -2.21. The molecule has 1 fully saturated rings. The van der Waals surface area contributed by atoms with Gasteiger partial charge in [0.1, 0.15) is 9.88 Å². The molecule has 3 rings (SSSR count). The minimum atomic E-state index is -0.769. The van der Waals surface area contributed by atoms with Gasteiger partial charge in [0, 0.05) is 18.7 Å². The molecule has 2 heterocycles. The van der Waals surface area contributed by atoms with Gasteiger partial charge < -0.3 is 9.64 Å². The maximum atomic E-state index is 12.5. The third-order valence-corrected chi connectivity index (χ3v) is 5.83. The van der Waals surface area contributed by atoms with E-state index < -0.39 is 12.1 Å². The molecule has 1 amide bonds. The highest BCUT2D eigenvalue weighted by molar-refractivity contribution is 7.17. The Morgan fingerprint density at radius 1 is 1.23 bits per heavy atom. The summed E-state index contributed by atoms with van der Waals surface area (Å²) in [4.78, 5) is 31.6. The standard InChI is InChI=1S/C20H24N2O3S/c1-4-15-7-9-16(10-8-15)18-21-13(2)17(26-18)20(24)25-14(3)19(23)22-11-5-6-12-22/h7-10,14H,4-6,11-12H2,1-3H3/t14-/m0/s1. The van der Waals surface area contributed by atoms with Gasteiger partial charge in [0.2, 0.25) is 0 Å². The average Bonchev–Trinajstić information content (AvgIpc) is 3.31. The van der Waals surface area contributed by atoms with Gasteiger partial charge in [0.05, 0.1) is 5.69 Å². The molecular weight excluding hydrogens is 348 g/mol. The van der Waals surface area contributed by atoms with Crippen molar-refractivity contribution in [1.29, 1.82) is 0 Å². The molecule has 6 heteroatoms. The van der Waals surface area contributed by atoms with Crippen LogP contribution in [-0.4, -0.2) is 41.0 Å². The summed E-state index contributed by atoms with van der Waals surface area (Å²) in [7, 11) is 0. The zero-order valence-electron chi connectivity index (χ0n) is 15.4. The lowest BCUT2D eigenvalue weighted by molar-refractivity contribution is -0.138. The number of carbonyl (C=O) groups excluding carboxylic acids is 2. The van der Waals surface area contributed by atoms with E-state index in [1.165, 1.54) is 16.9 Å². The van der Waals surface area contributed by atoms with Crippen LogP contribution in [0.4, 0.5) is 0 Å². The van der Waals surface area contributed by atoms with E-state index in [-0.39, 0.29) is 5.91 Å². The monoisotopic (exact) mass is 372 g/mol. The van der Waals surface area contributed by atoms with Crippen molar-refractivity contribution >= 4 is 23.2 Å². The van der Waals surface area contributed by atoms with E-state index in [0.717, 1.165) is 42.9 Å². The maximum Gasteiger partial charge on any atom is 0.351 e. The van der Waals surface area contributed by atoms with Crippen molar-refractivity contribution in [1.82, 2.24) is 9.88 Å². The van der Waals surface area contributed by atoms with Gasteiger partial charge in [-0.1, -0.05) is 31.2 Å². The van der Waals surface area contributed by atoms with E-state index in [4.69, 9.17) is 4.74 Å². The van der Waals surface area contributed by atoms with Crippen LogP contribution in [0, 0.1) is 6.92 Å². The molecule has 0 bridgehead atoms. The van der Waals surface area contributed by atoms with E-state index in [2.05, 4.69) is 24.0 Å². The fraction of sp³-hybridized carbons (Fsp3) is 0.450. The predicted molar refractivity (Wildman–Crippen MR) is 102 cm³/mol. The lowest BCUT2D eigenvalue weighted by atomic mass is 10.1. The molecule has 1 aliphatic rings. The fourth-order valence-corrected chi connectivity index (χ4v) is 4.01. The molecule has 1 aromatic carbocycles. The first kappa shape index (κ1) is 18.6. The number of carbonyl (C=O) groups is 2. The summed E-state index contributed by atoms with van der Waals surface area (Å²) in [5.41, 5.74) is 2.88. The van der Waals surface area contributed by atoms with Crippen LogP contribution >= 0.6 is 11.3 Å². The minimum absolute atomic E-state index is 0.117. The van der Waals surface area contributed by atoms with Gasteiger partial charge in [-0.2, -0.15) is 0 Å². The number of hydrogen-bond donors (Lipinski definition) is 0. The summed E-state index contributed by atoms with van der Waals surface area (Å²) >= 11 is 1.31. The Morgan fingerprint density at radius 3 is 2.50 bits per heavy atom. The first-order valence-corrected chi connectivity index (χ1v) is 9.87. The predicted octanol–water partition coefficient (Wildman–Crippen LogP) is 3.85. The van der Waals surface area contributed by atoms with Gasteiger partial charge in [-0.25, -0.2) is 9.78 Å². The van der Waals surface area contributed by atoms with Gasteiger partial charge in [0.15, 0.2) is 6.10 Å². The Bertz CT molecular complexity index is 792. The normalized spacial score (nSPS) is 15.1. The van der Waals surface area contributed by atoms with Crippen LogP contribution in [0.15, 0.2) is 24.3 Å². The average molecular weight is 372 g/mol. The van der Waals surface area contributed by atoms with E-state index in [1.54, 1.807) is 18.7 Å². The molecule has 0 saturated carbocycles. The summed E-state index contributed by atoms with van der Waals surface area (Å²) in [6, 6.07) is 8.18. The molecule has 2 aromatic rings. The van der Waals surface area contributed by atoms with E-state index in [9.17, 15) is 9.59 Å². The molecule has 0 aliphatic carbocycles. The summed E-state index contributed by atoms with van der Waals surface area (Å²) in [5.74, 6) is -0.593. The van der Waals surface area contributed by atoms with Gasteiger partial charge in [-0.05, 0) is 38.7 Å². The van der Waals surface area contributed by atoms with Crippen LogP contribution in [0.5, 0.6) is 0 Å². The Morgan fingerprint density at radius 2 is 1.88 bits per heavy atom. The van der Waals surface area contributed by atoms with E-state index in [1.807, 2.05) is 12.1 Å². The molecule has 0 spiro atoms. The molecule has 1 saturated heterocycles. The lowest BCUT2D eigenvalue weighted by Crippen LogP contribution is -2.38. The van der Waals surface area contributed by atoms with Crippen molar-refractivity contribution in [3.63, 3.8) is 0 Å². The third-order valence-electron chi connectivity index (χ3n) is 4.64. The van der Waals surface area contributed by atoms with Gasteiger partial charge in [-0.15, -0.1) is 11.3 Å². The van der Waals surface area contributed by atoms with Crippen LogP contribution in [0.2, 0.25) is 0 Å². The molecule has 5 nitrogen and oxygen atoms in total. The van der Waals surface area contributed by atoms with Crippen molar-refractivity contribution in [2.75, 3.05) is 13.1 Å². The van der Waals surface area contributed by atoms with Gasteiger partial charge in [-0.3, -0.25) is 4.79 Å². The number of hydrogen-bond acceptors (Lipinski definition) is 5. The number of aryl methyl sites for hydroxylation is 2. The molecule has 1 aliphatic heterocycles. The molecule has 1 aromatic heterocycles.